The number of nitrogens with zero attached hydrogens (tertiary/aromatic N) is 2. The summed E-state index contributed by atoms with van der Waals surface area (Å²) in [6, 6.07) is 3.36. The maximum atomic E-state index is 11.6. The molecule has 1 rings (SSSR count). The fourth-order valence-corrected chi connectivity index (χ4v) is 0.788. The van der Waals surface area contributed by atoms with Crippen molar-refractivity contribution in [3.63, 3.8) is 0 Å². The van der Waals surface area contributed by atoms with E-state index in [0.717, 1.165) is 0 Å². The van der Waals surface area contributed by atoms with Crippen molar-refractivity contribution in [2.75, 3.05) is 5.32 Å². The molecule has 0 spiro atoms. The Balaban J connectivity index is 2.67. The molecule has 0 aliphatic heterocycles. The summed E-state index contributed by atoms with van der Waals surface area (Å²) in [7, 11) is 0. The second-order valence-corrected chi connectivity index (χ2v) is 3.33. The molecule has 1 heterocycles. The van der Waals surface area contributed by atoms with Crippen molar-refractivity contribution in [1.82, 2.24) is 10.2 Å². The second-order valence-electron chi connectivity index (χ2n) is 3.33. The Morgan fingerprint density at radius 1 is 1.71 bits per heavy atom. The fourth-order valence-electron chi connectivity index (χ4n) is 0.788. The maximum Gasteiger partial charge on any atom is 0.245 e. The van der Waals surface area contributed by atoms with Crippen molar-refractivity contribution >= 4 is 11.7 Å². The number of hydrogen-bond acceptors (Lipinski definition) is 4. The number of carbonyl (C=O) groups is 1. The Morgan fingerprint density at radius 3 is 2.93 bits per heavy atom. The molecule has 3 N–H and O–H groups in total. The van der Waals surface area contributed by atoms with E-state index < -0.39 is 5.54 Å². The quantitative estimate of drug-likeness (QED) is 0.736. The third-order valence-corrected chi connectivity index (χ3v) is 2.07. The van der Waals surface area contributed by atoms with Crippen LogP contribution < -0.4 is 11.1 Å². The first-order valence-corrected chi connectivity index (χ1v) is 4.44. The van der Waals surface area contributed by atoms with Gasteiger partial charge in [0.05, 0.1) is 5.54 Å². The van der Waals surface area contributed by atoms with E-state index in [4.69, 9.17) is 5.73 Å². The van der Waals surface area contributed by atoms with Gasteiger partial charge in [-0.15, -0.1) is 5.10 Å². The number of anilines is 1. The van der Waals surface area contributed by atoms with Gasteiger partial charge in [0, 0.05) is 6.20 Å². The molecule has 1 unspecified atom stereocenters. The van der Waals surface area contributed by atoms with Gasteiger partial charge in [-0.2, -0.15) is 5.10 Å². The van der Waals surface area contributed by atoms with Crippen LogP contribution in [0.15, 0.2) is 18.3 Å². The fraction of sp³-hybridized carbons (Fsp3) is 0.444. The minimum atomic E-state index is -0.864. The molecule has 1 aromatic rings. The third-order valence-electron chi connectivity index (χ3n) is 2.07. The summed E-state index contributed by atoms with van der Waals surface area (Å²) in [5.74, 6) is 0.170. The molecule has 0 aliphatic rings. The van der Waals surface area contributed by atoms with Crippen LogP contribution in [0.4, 0.5) is 5.82 Å². The number of carbonyl (C=O) groups excluding carboxylic acids is 1. The van der Waals surface area contributed by atoms with Crippen molar-refractivity contribution in [2.24, 2.45) is 5.73 Å². The van der Waals surface area contributed by atoms with Crippen molar-refractivity contribution < 1.29 is 4.79 Å². The number of hydrogen-bond donors (Lipinski definition) is 2. The molecule has 14 heavy (non-hydrogen) atoms. The zero-order valence-corrected chi connectivity index (χ0v) is 8.32. The molecular weight excluding hydrogens is 180 g/mol. The van der Waals surface area contributed by atoms with Crippen LogP contribution in [0.25, 0.3) is 0 Å². The minimum absolute atomic E-state index is 0.250. The molecule has 0 radical (unpaired) electrons. The zero-order chi connectivity index (χ0) is 10.6. The number of nitrogens with two attached hydrogens (primary N) is 1. The monoisotopic (exact) mass is 194 g/mol. The lowest BCUT2D eigenvalue weighted by Crippen LogP contribution is -2.47. The van der Waals surface area contributed by atoms with Gasteiger partial charge in [-0.05, 0) is 25.5 Å². The van der Waals surface area contributed by atoms with E-state index in [1.165, 1.54) is 6.20 Å². The minimum Gasteiger partial charge on any atom is -0.318 e. The largest absolute Gasteiger partial charge is 0.318 e. The highest BCUT2D eigenvalue weighted by Crippen LogP contribution is 2.08. The number of rotatable bonds is 3. The zero-order valence-electron chi connectivity index (χ0n) is 8.32. The van der Waals surface area contributed by atoms with Crippen LogP contribution in [0.3, 0.4) is 0 Å². The smallest absolute Gasteiger partial charge is 0.245 e. The number of amides is 1. The van der Waals surface area contributed by atoms with Crippen LogP contribution in [0.2, 0.25) is 0 Å². The average Bonchev–Trinajstić information content (AvgIpc) is 2.19. The van der Waals surface area contributed by atoms with E-state index >= 15 is 0 Å². The molecule has 0 aliphatic carbocycles. The Morgan fingerprint density at radius 2 is 2.43 bits per heavy atom. The lowest BCUT2D eigenvalue weighted by molar-refractivity contribution is -0.120. The molecule has 0 saturated heterocycles. The van der Waals surface area contributed by atoms with Crippen LogP contribution in [-0.2, 0) is 4.79 Å². The van der Waals surface area contributed by atoms with E-state index in [-0.39, 0.29) is 5.91 Å². The van der Waals surface area contributed by atoms with Gasteiger partial charge in [-0.25, -0.2) is 0 Å². The predicted octanol–water partition coefficient (Wildman–Crippen LogP) is 0.542. The first-order chi connectivity index (χ1) is 6.56. The van der Waals surface area contributed by atoms with E-state index in [2.05, 4.69) is 15.5 Å². The lowest BCUT2D eigenvalue weighted by atomic mass is 10.00. The maximum absolute atomic E-state index is 11.6. The van der Waals surface area contributed by atoms with Crippen molar-refractivity contribution in [3.05, 3.63) is 18.3 Å². The summed E-state index contributed by atoms with van der Waals surface area (Å²) >= 11 is 0. The Hall–Kier alpha value is -1.49. The van der Waals surface area contributed by atoms with E-state index in [1.807, 2.05) is 6.92 Å². The van der Waals surface area contributed by atoms with Gasteiger partial charge in [0.1, 0.15) is 0 Å². The highest BCUT2D eigenvalue weighted by molar-refractivity contribution is 5.96. The summed E-state index contributed by atoms with van der Waals surface area (Å²) in [5, 5.41) is 9.96. The Labute approximate surface area is 82.7 Å². The van der Waals surface area contributed by atoms with E-state index in [1.54, 1.807) is 19.1 Å². The first-order valence-electron chi connectivity index (χ1n) is 4.44. The normalized spacial score (nSPS) is 14.5. The van der Waals surface area contributed by atoms with Gasteiger partial charge < -0.3 is 11.1 Å². The highest BCUT2D eigenvalue weighted by Gasteiger charge is 2.26. The molecule has 76 valence electrons. The molecule has 1 amide bonds. The van der Waals surface area contributed by atoms with Crippen LogP contribution in [0, 0.1) is 0 Å². The Bertz CT molecular complexity index is 310. The predicted molar refractivity (Wildman–Crippen MR) is 53.5 cm³/mol. The van der Waals surface area contributed by atoms with E-state index in [0.29, 0.717) is 12.2 Å². The summed E-state index contributed by atoms with van der Waals surface area (Å²) in [4.78, 5) is 11.6. The van der Waals surface area contributed by atoms with Gasteiger partial charge in [-0.3, -0.25) is 4.79 Å². The standard InChI is InChI=1S/C9H14N4O/c1-3-9(2,10)8(14)12-7-5-4-6-11-13-7/h4-6H,3,10H2,1-2H3,(H,12,13,14). The molecule has 1 aromatic heterocycles. The van der Waals surface area contributed by atoms with E-state index in [9.17, 15) is 4.79 Å². The first kappa shape index (κ1) is 10.6. The van der Waals surface area contributed by atoms with Crippen LogP contribution in [-0.4, -0.2) is 21.6 Å². The highest BCUT2D eigenvalue weighted by atomic mass is 16.2. The summed E-state index contributed by atoms with van der Waals surface area (Å²) < 4.78 is 0. The average molecular weight is 194 g/mol. The molecule has 5 heteroatoms. The van der Waals surface area contributed by atoms with Gasteiger partial charge >= 0.3 is 0 Å². The molecule has 0 saturated carbocycles. The lowest BCUT2D eigenvalue weighted by Gasteiger charge is -2.20. The van der Waals surface area contributed by atoms with Crippen LogP contribution >= 0.6 is 0 Å². The molecule has 0 bridgehead atoms. The van der Waals surface area contributed by atoms with Gasteiger partial charge in [0.15, 0.2) is 5.82 Å². The SMILES string of the molecule is CCC(C)(N)C(=O)Nc1cccnn1. The number of nitrogens with one attached hydrogen (secondary N) is 1. The van der Waals surface area contributed by atoms with Crippen molar-refractivity contribution in [2.45, 2.75) is 25.8 Å². The van der Waals surface area contributed by atoms with Crippen LogP contribution in [0.5, 0.6) is 0 Å². The molecule has 1 atom stereocenters. The van der Waals surface area contributed by atoms with Crippen LogP contribution in [0.1, 0.15) is 20.3 Å². The molecule has 0 aromatic carbocycles. The Kier molecular flexibility index (Phi) is 3.14. The molecule has 0 fully saturated rings. The summed E-state index contributed by atoms with van der Waals surface area (Å²) in [6.07, 6.45) is 2.11. The summed E-state index contributed by atoms with van der Waals surface area (Å²) in [5.41, 5.74) is 4.88. The van der Waals surface area contributed by atoms with Gasteiger partial charge in [0.2, 0.25) is 5.91 Å². The molecule has 5 nitrogen and oxygen atoms in total. The van der Waals surface area contributed by atoms with Crippen molar-refractivity contribution in [1.29, 1.82) is 0 Å². The topological polar surface area (TPSA) is 80.9 Å². The second kappa shape index (κ2) is 4.15. The number of aromatic nitrogens is 2. The summed E-state index contributed by atoms with van der Waals surface area (Å²) in [6.45, 7) is 3.54. The third kappa shape index (κ3) is 2.50. The molecular formula is C9H14N4O. The van der Waals surface area contributed by atoms with Gasteiger partial charge in [-0.1, -0.05) is 6.92 Å². The van der Waals surface area contributed by atoms with Gasteiger partial charge in [0.25, 0.3) is 0 Å². The van der Waals surface area contributed by atoms with Crippen molar-refractivity contribution in [3.8, 4) is 0 Å².